The second-order valence-corrected chi connectivity index (χ2v) is 7.60. The molecule has 0 saturated heterocycles. The topological polar surface area (TPSA) is 38.9 Å². The molecule has 4 aromatic rings. The molecule has 0 aliphatic carbocycles. The van der Waals surface area contributed by atoms with Crippen LogP contribution < -0.4 is 9.54 Å². The molecule has 32 heavy (non-hydrogen) atoms. The third kappa shape index (κ3) is 4.81. The van der Waals surface area contributed by atoms with E-state index < -0.39 is 11.7 Å². The van der Waals surface area contributed by atoms with Gasteiger partial charge in [-0.1, -0.05) is 30.3 Å². The van der Waals surface area contributed by atoms with Gasteiger partial charge in [0.15, 0.2) is 0 Å². The highest BCUT2D eigenvalue weighted by atomic mass is 32.1. The molecule has 3 aromatic carbocycles. The van der Waals surface area contributed by atoms with Crippen molar-refractivity contribution in [2.45, 2.75) is 6.18 Å². The molecular formula is C24H18F3N3OS. The Bertz CT molecular complexity index is 1270. The van der Waals surface area contributed by atoms with E-state index in [1.807, 2.05) is 64.5 Å². The fourth-order valence-electron chi connectivity index (χ4n) is 3.07. The summed E-state index contributed by atoms with van der Waals surface area (Å²) in [5.41, 5.74) is 2.67. The molecule has 0 radical (unpaired) electrons. The SMILES string of the molecule is COc1ccc(-c2cs/c(=N/N=C/c3ccc(C(F)(F)F)cc3)n2-c2ccccc2)cc1. The molecule has 0 amide bonds. The van der Waals surface area contributed by atoms with E-state index in [0.29, 0.717) is 10.4 Å². The predicted molar refractivity (Wildman–Crippen MR) is 120 cm³/mol. The second-order valence-electron chi connectivity index (χ2n) is 6.77. The molecule has 1 heterocycles. The number of para-hydroxylation sites is 1. The fraction of sp³-hybridized carbons (Fsp3) is 0.0833. The van der Waals surface area contributed by atoms with Gasteiger partial charge in [-0.2, -0.15) is 18.3 Å². The Kier molecular flexibility index (Phi) is 6.23. The molecule has 1 aromatic heterocycles. The average molecular weight is 453 g/mol. The molecule has 0 unspecified atom stereocenters. The number of alkyl halides is 3. The van der Waals surface area contributed by atoms with Gasteiger partial charge >= 0.3 is 6.18 Å². The van der Waals surface area contributed by atoms with Crippen LogP contribution in [0.5, 0.6) is 5.75 Å². The largest absolute Gasteiger partial charge is 0.497 e. The van der Waals surface area contributed by atoms with E-state index >= 15 is 0 Å². The van der Waals surface area contributed by atoms with Crippen LogP contribution in [0.3, 0.4) is 0 Å². The number of aromatic nitrogens is 1. The van der Waals surface area contributed by atoms with Gasteiger partial charge in [-0.05, 0) is 59.7 Å². The van der Waals surface area contributed by atoms with Gasteiger partial charge in [-0.15, -0.1) is 16.4 Å². The van der Waals surface area contributed by atoms with Gasteiger partial charge in [0.05, 0.1) is 24.6 Å². The van der Waals surface area contributed by atoms with Crippen molar-refractivity contribution in [1.82, 2.24) is 4.57 Å². The highest BCUT2D eigenvalue weighted by molar-refractivity contribution is 7.07. The number of ether oxygens (including phenoxy) is 1. The molecule has 0 N–H and O–H groups in total. The Hall–Kier alpha value is -3.65. The Balaban J connectivity index is 1.71. The lowest BCUT2D eigenvalue weighted by molar-refractivity contribution is -0.137. The van der Waals surface area contributed by atoms with Crippen LogP contribution >= 0.6 is 11.3 Å². The van der Waals surface area contributed by atoms with Crippen LogP contribution in [0, 0.1) is 0 Å². The van der Waals surface area contributed by atoms with Crippen LogP contribution in [0.4, 0.5) is 13.2 Å². The molecule has 0 saturated carbocycles. The van der Waals surface area contributed by atoms with Crippen molar-refractivity contribution >= 4 is 17.6 Å². The van der Waals surface area contributed by atoms with Crippen LogP contribution in [-0.2, 0) is 6.18 Å². The van der Waals surface area contributed by atoms with Crippen LogP contribution in [0.25, 0.3) is 16.9 Å². The molecule has 0 fully saturated rings. The van der Waals surface area contributed by atoms with E-state index in [4.69, 9.17) is 4.74 Å². The lowest BCUT2D eigenvalue weighted by Gasteiger charge is -2.09. The van der Waals surface area contributed by atoms with Gasteiger partial charge in [0, 0.05) is 11.1 Å². The molecule has 162 valence electrons. The smallest absolute Gasteiger partial charge is 0.416 e. The summed E-state index contributed by atoms with van der Waals surface area (Å²) < 4.78 is 45.4. The number of rotatable bonds is 5. The third-order valence-electron chi connectivity index (χ3n) is 4.70. The Labute approximate surface area is 186 Å². The zero-order valence-corrected chi connectivity index (χ0v) is 17.8. The van der Waals surface area contributed by atoms with Crippen molar-refractivity contribution in [1.29, 1.82) is 0 Å². The zero-order chi connectivity index (χ0) is 22.6. The summed E-state index contributed by atoms with van der Waals surface area (Å²) in [6.07, 6.45) is -2.93. The van der Waals surface area contributed by atoms with Gasteiger partial charge < -0.3 is 4.74 Å². The standard InChI is InChI=1S/C24H18F3N3OS/c1-31-21-13-9-18(10-14-21)22-16-32-23(30(22)20-5-3-2-4-6-20)29-28-15-17-7-11-19(12-8-17)24(25,26)27/h2-16H,1H3/b28-15+,29-23+. The molecular weight excluding hydrogens is 435 g/mol. The van der Waals surface area contributed by atoms with Gasteiger partial charge in [0.25, 0.3) is 0 Å². The summed E-state index contributed by atoms with van der Waals surface area (Å²) >= 11 is 1.42. The number of benzene rings is 3. The van der Waals surface area contributed by atoms with Crippen molar-refractivity contribution in [2.24, 2.45) is 10.2 Å². The van der Waals surface area contributed by atoms with Crippen molar-refractivity contribution in [2.75, 3.05) is 7.11 Å². The first-order chi connectivity index (χ1) is 15.5. The normalized spacial score (nSPS) is 12.4. The molecule has 0 bridgehead atoms. The number of hydrogen-bond acceptors (Lipinski definition) is 4. The van der Waals surface area contributed by atoms with Crippen molar-refractivity contribution in [3.05, 3.63) is 100 Å². The molecule has 0 aliphatic rings. The quantitative estimate of drug-likeness (QED) is 0.263. The van der Waals surface area contributed by atoms with E-state index in [0.717, 1.165) is 34.8 Å². The predicted octanol–water partition coefficient (Wildman–Crippen LogP) is 6.17. The van der Waals surface area contributed by atoms with Crippen molar-refractivity contribution in [3.63, 3.8) is 0 Å². The number of methoxy groups -OCH3 is 1. The van der Waals surface area contributed by atoms with Gasteiger partial charge in [0.1, 0.15) is 5.75 Å². The van der Waals surface area contributed by atoms with E-state index in [1.165, 1.54) is 29.7 Å². The third-order valence-corrected chi connectivity index (χ3v) is 5.51. The first-order valence-corrected chi connectivity index (χ1v) is 10.5. The maximum atomic E-state index is 12.7. The minimum Gasteiger partial charge on any atom is -0.497 e. The monoisotopic (exact) mass is 453 g/mol. The van der Waals surface area contributed by atoms with Crippen LogP contribution in [0.1, 0.15) is 11.1 Å². The summed E-state index contributed by atoms with van der Waals surface area (Å²) in [5, 5.41) is 10.4. The molecule has 0 spiro atoms. The van der Waals surface area contributed by atoms with E-state index in [1.54, 1.807) is 7.11 Å². The van der Waals surface area contributed by atoms with E-state index in [2.05, 4.69) is 10.2 Å². The average Bonchev–Trinajstić information content (AvgIpc) is 3.23. The summed E-state index contributed by atoms with van der Waals surface area (Å²) in [4.78, 5) is 0.630. The van der Waals surface area contributed by atoms with Crippen LogP contribution in [-0.4, -0.2) is 17.9 Å². The minimum absolute atomic E-state index is 0.528. The highest BCUT2D eigenvalue weighted by Crippen LogP contribution is 2.29. The summed E-state index contributed by atoms with van der Waals surface area (Å²) in [7, 11) is 1.62. The number of nitrogens with zero attached hydrogens (tertiary/aromatic N) is 3. The number of hydrogen-bond donors (Lipinski definition) is 0. The van der Waals surface area contributed by atoms with Crippen LogP contribution in [0.2, 0.25) is 0 Å². The lowest BCUT2D eigenvalue weighted by Crippen LogP contribution is -2.13. The summed E-state index contributed by atoms with van der Waals surface area (Å²) in [6, 6.07) is 22.3. The zero-order valence-electron chi connectivity index (χ0n) is 17.0. The summed E-state index contributed by atoms with van der Waals surface area (Å²) in [6.45, 7) is 0. The van der Waals surface area contributed by atoms with E-state index in [9.17, 15) is 13.2 Å². The molecule has 8 heteroatoms. The number of thiazole rings is 1. The van der Waals surface area contributed by atoms with Gasteiger partial charge in [-0.3, -0.25) is 4.57 Å². The van der Waals surface area contributed by atoms with Crippen molar-refractivity contribution in [3.8, 4) is 22.7 Å². The van der Waals surface area contributed by atoms with E-state index in [-0.39, 0.29) is 0 Å². The fourth-order valence-corrected chi connectivity index (χ4v) is 3.94. The Morgan fingerprint density at radius 3 is 2.22 bits per heavy atom. The summed E-state index contributed by atoms with van der Waals surface area (Å²) in [5.74, 6) is 0.765. The number of halogens is 3. The highest BCUT2D eigenvalue weighted by Gasteiger charge is 2.29. The maximum absolute atomic E-state index is 12.7. The molecule has 4 nitrogen and oxygen atoms in total. The lowest BCUT2D eigenvalue weighted by atomic mass is 10.1. The first kappa shape index (κ1) is 21.6. The maximum Gasteiger partial charge on any atom is 0.416 e. The van der Waals surface area contributed by atoms with Gasteiger partial charge in [-0.25, -0.2) is 0 Å². The first-order valence-electron chi connectivity index (χ1n) is 9.60. The molecule has 0 aliphatic heterocycles. The second kappa shape index (κ2) is 9.23. The molecule has 4 rings (SSSR count). The van der Waals surface area contributed by atoms with Gasteiger partial charge in [0.2, 0.25) is 4.80 Å². The minimum atomic E-state index is -4.36. The Morgan fingerprint density at radius 2 is 1.59 bits per heavy atom. The van der Waals surface area contributed by atoms with Crippen LogP contribution in [0.15, 0.2) is 94.4 Å². The molecule has 0 atom stereocenters. The Morgan fingerprint density at radius 1 is 0.906 bits per heavy atom. The van der Waals surface area contributed by atoms with Crippen molar-refractivity contribution < 1.29 is 17.9 Å².